The normalized spacial score (nSPS) is 17.8. The van der Waals surface area contributed by atoms with Crippen molar-refractivity contribution in [3.05, 3.63) is 75.1 Å². The van der Waals surface area contributed by atoms with Crippen molar-refractivity contribution in [1.82, 2.24) is 4.90 Å². The fourth-order valence-electron chi connectivity index (χ4n) is 3.42. The van der Waals surface area contributed by atoms with E-state index < -0.39 is 34.2 Å². The van der Waals surface area contributed by atoms with Gasteiger partial charge in [-0.15, -0.1) is 0 Å². The van der Waals surface area contributed by atoms with E-state index in [2.05, 4.69) is 0 Å². The molecule has 162 valence electrons. The van der Waals surface area contributed by atoms with Gasteiger partial charge in [0.05, 0.1) is 30.3 Å². The maximum absolute atomic E-state index is 14.2. The van der Waals surface area contributed by atoms with Gasteiger partial charge < -0.3 is 19.5 Å². The van der Waals surface area contributed by atoms with E-state index in [1.54, 1.807) is 0 Å². The fraction of sp³-hybridized carbons (Fsp3) is 0.238. The molecule has 1 aliphatic rings. The molecular weight excluding hydrogens is 411 g/mol. The average molecular weight is 430 g/mol. The summed E-state index contributed by atoms with van der Waals surface area (Å²) in [5, 5.41) is 22.1. The van der Waals surface area contributed by atoms with Crippen molar-refractivity contribution in [2.45, 2.75) is 6.04 Å². The maximum atomic E-state index is 14.2. The number of methoxy groups -OCH3 is 2. The third-order valence-electron chi connectivity index (χ3n) is 4.90. The molecule has 0 radical (unpaired) electrons. The minimum atomic E-state index is -1.11. The Balaban J connectivity index is 2.20. The molecule has 1 fully saturated rings. The molecule has 9 nitrogen and oxygen atoms in total. The van der Waals surface area contributed by atoms with Crippen LogP contribution in [0.1, 0.15) is 17.2 Å². The monoisotopic (exact) mass is 430 g/mol. The standard InChI is InChI=1S/C21H19FN2O7/c1-30-9-8-23-18(12-4-3-5-14(10-12)24(28)29)17(20(26)21(23)27)19(25)13-6-7-16(31-2)15(22)11-13/h3-7,10-11,18,25H,8-9H2,1-2H3/t18-/m1/s1. The molecule has 2 aromatic rings. The number of likely N-dealkylation sites (tertiary alicyclic amines) is 1. The van der Waals surface area contributed by atoms with Gasteiger partial charge in [-0.2, -0.15) is 0 Å². The fourth-order valence-corrected chi connectivity index (χ4v) is 3.42. The highest BCUT2D eigenvalue weighted by molar-refractivity contribution is 6.46. The second-order valence-electron chi connectivity index (χ2n) is 6.69. The van der Waals surface area contributed by atoms with Gasteiger partial charge in [-0.05, 0) is 23.8 Å². The van der Waals surface area contributed by atoms with Gasteiger partial charge in [-0.3, -0.25) is 19.7 Å². The van der Waals surface area contributed by atoms with Crippen LogP contribution in [0.2, 0.25) is 0 Å². The number of nitro benzene ring substituents is 1. The van der Waals surface area contributed by atoms with Gasteiger partial charge in [0, 0.05) is 31.4 Å². The Bertz CT molecular complexity index is 1080. The molecule has 0 unspecified atom stereocenters. The summed E-state index contributed by atoms with van der Waals surface area (Å²) >= 11 is 0. The minimum absolute atomic E-state index is 0.00217. The number of Topliss-reactive ketones (excluding diaryl/α,β-unsaturated/α-hetero) is 1. The van der Waals surface area contributed by atoms with Crippen molar-refractivity contribution in [1.29, 1.82) is 0 Å². The number of nitrogens with zero attached hydrogens (tertiary/aromatic N) is 2. The zero-order valence-corrected chi connectivity index (χ0v) is 16.7. The largest absolute Gasteiger partial charge is 0.507 e. The van der Waals surface area contributed by atoms with Gasteiger partial charge in [-0.1, -0.05) is 12.1 Å². The van der Waals surface area contributed by atoms with Crippen molar-refractivity contribution in [3.63, 3.8) is 0 Å². The number of non-ortho nitro benzene ring substituents is 1. The van der Waals surface area contributed by atoms with Crippen LogP contribution in [0.25, 0.3) is 5.76 Å². The summed E-state index contributed by atoms with van der Waals surface area (Å²) in [5.41, 5.74) is -0.338. The lowest BCUT2D eigenvalue weighted by atomic mass is 9.95. The number of rotatable bonds is 7. The van der Waals surface area contributed by atoms with Crippen LogP contribution in [0.4, 0.5) is 10.1 Å². The molecule has 0 saturated carbocycles. The zero-order valence-electron chi connectivity index (χ0n) is 16.7. The van der Waals surface area contributed by atoms with Crippen LogP contribution in [-0.4, -0.2) is 54.0 Å². The Labute approximate surface area is 176 Å². The number of carbonyl (C=O) groups excluding carboxylic acids is 2. The van der Waals surface area contributed by atoms with Gasteiger partial charge in [0.1, 0.15) is 5.76 Å². The van der Waals surface area contributed by atoms with E-state index in [1.807, 2.05) is 0 Å². The summed E-state index contributed by atoms with van der Waals surface area (Å²) in [6, 6.07) is 7.88. The molecule has 1 aliphatic heterocycles. The molecule has 0 spiro atoms. The molecule has 3 rings (SSSR count). The van der Waals surface area contributed by atoms with Gasteiger partial charge >= 0.3 is 0 Å². The van der Waals surface area contributed by atoms with Crippen molar-refractivity contribution in [2.75, 3.05) is 27.4 Å². The smallest absolute Gasteiger partial charge is 0.295 e. The number of carbonyl (C=O) groups is 2. The van der Waals surface area contributed by atoms with Crippen molar-refractivity contribution >= 4 is 23.1 Å². The molecule has 0 aliphatic carbocycles. The zero-order chi connectivity index (χ0) is 22.7. The highest BCUT2D eigenvalue weighted by Gasteiger charge is 2.46. The number of aliphatic hydroxyl groups excluding tert-OH is 1. The van der Waals surface area contributed by atoms with E-state index in [0.29, 0.717) is 0 Å². The number of benzene rings is 2. The predicted octanol–water partition coefficient (Wildman–Crippen LogP) is 2.81. The van der Waals surface area contributed by atoms with Crippen LogP contribution in [0.5, 0.6) is 5.75 Å². The lowest BCUT2D eigenvalue weighted by Crippen LogP contribution is -2.32. The Morgan fingerprint density at radius 1 is 1.23 bits per heavy atom. The first kappa shape index (κ1) is 21.9. The lowest BCUT2D eigenvalue weighted by molar-refractivity contribution is -0.384. The molecule has 1 amide bonds. The van der Waals surface area contributed by atoms with Crippen molar-refractivity contribution in [2.24, 2.45) is 0 Å². The predicted molar refractivity (Wildman–Crippen MR) is 107 cm³/mol. The number of aliphatic hydroxyl groups is 1. The second kappa shape index (κ2) is 8.92. The van der Waals surface area contributed by atoms with Gasteiger partial charge in [0.2, 0.25) is 0 Å². The molecular formula is C21H19FN2O7. The minimum Gasteiger partial charge on any atom is -0.507 e. The highest BCUT2D eigenvalue weighted by Crippen LogP contribution is 2.40. The maximum Gasteiger partial charge on any atom is 0.295 e. The van der Waals surface area contributed by atoms with Gasteiger partial charge in [-0.25, -0.2) is 4.39 Å². The van der Waals surface area contributed by atoms with E-state index in [9.17, 15) is 29.2 Å². The molecule has 0 bridgehead atoms. The molecule has 1 N–H and O–H groups in total. The number of amides is 1. The Morgan fingerprint density at radius 3 is 2.58 bits per heavy atom. The first-order valence-electron chi connectivity index (χ1n) is 9.15. The van der Waals surface area contributed by atoms with Crippen LogP contribution in [0, 0.1) is 15.9 Å². The van der Waals surface area contributed by atoms with E-state index in [0.717, 1.165) is 11.0 Å². The molecule has 0 aromatic heterocycles. The van der Waals surface area contributed by atoms with E-state index >= 15 is 0 Å². The van der Waals surface area contributed by atoms with E-state index in [4.69, 9.17) is 9.47 Å². The van der Waals surface area contributed by atoms with E-state index in [-0.39, 0.29) is 41.3 Å². The van der Waals surface area contributed by atoms with Crippen molar-refractivity contribution < 1.29 is 33.5 Å². The molecule has 2 aromatic carbocycles. The Morgan fingerprint density at radius 2 is 1.97 bits per heavy atom. The quantitative estimate of drug-likeness (QED) is 0.236. The number of hydrogen-bond donors (Lipinski definition) is 1. The van der Waals surface area contributed by atoms with Crippen LogP contribution >= 0.6 is 0 Å². The van der Waals surface area contributed by atoms with Crippen LogP contribution < -0.4 is 4.74 Å². The lowest BCUT2D eigenvalue weighted by Gasteiger charge is -2.25. The summed E-state index contributed by atoms with van der Waals surface area (Å²) in [6.45, 7) is 0.0951. The Kier molecular flexibility index (Phi) is 6.30. The average Bonchev–Trinajstić information content (AvgIpc) is 3.01. The van der Waals surface area contributed by atoms with Crippen molar-refractivity contribution in [3.8, 4) is 5.75 Å². The number of hydrogen-bond acceptors (Lipinski definition) is 7. The van der Waals surface area contributed by atoms with Crippen LogP contribution in [-0.2, 0) is 14.3 Å². The van der Waals surface area contributed by atoms with Crippen LogP contribution in [0.3, 0.4) is 0 Å². The third-order valence-corrected chi connectivity index (χ3v) is 4.90. The van der Waals surface area contributed by atoms with E-state index in [1.165, 1.54) is 50.6 Å². The topological polar surface area (TPSA) is 119 Å². The third kappa shape index (κ3) is 4.10. The second-order valence-corrected chi connectivity index (χ2v) is 6.69. The SMILES string of the molecule is COCCN1C(=O)C(=O)C(=C(O)c2ccc(OC)c(F)c2)[C@H]1c1cccc([N+](=O)[O-])c1. The molecule has 1 saturated heterocycles. The Hall–Kier alpha value is -3.79. The number of halogens is 1. The number of nitro groups is 1. The van der Waals surface area contributed by atoms with Gasteiger partial charge in [0.15, 0.2) is 11.6 Å². The number of ketones is 1. The first-order valence-corrected chi connectivity index (χ1v) is 9.15. The number of ether oxygens (including phenoxy) is 2. The molecule has 10 heteroatoms. The molecule has 31 heavy (non-hydrogen) atoms. The highest BCUT2D eigenvalue weighted by atomic mass is 19.1. The summed E-state index contributed by atoms with van der Waals surface area (Å²) < 4.78 is 24.0. The molecule has 1 heterocycles. The summed E-state index contributed by atoms with van der Waals surface area (Å²) in [5.74, 6) is -3.32. The molecule has 1 atom stereocenters. The summed E-state index contributed by atoms with van der Waals surface area (Å²) in [7, 11) is 2.70. The summed E-state index contributed by atoms with van der Waals surface area (Å²) in [4.78, 5) is 37.2. The van der Waals surface area contributed by atoms with Gasteiger partial charge in [0.25, 0.3) is 17.4 Å². The summed E-state index contributed by atoms with van der Waals surface area (Å²) in [6.07, 6.45) is 0. The van der Waals surface area contributed by atoms with Crippen LogP contribution in [0.15, 0.2) is 48.0 Å². The first-order chi connectivity index (χ1) is 14.8.